The van der Waals surface area contributed by atoms with E-state index in [1.165, 1.54) is 0 Å². The molecule has 0 saturated heterocycles. The standard InChI is InChI=1S/C16H20BrN3O/c1-16(2,11-17)20(18)13-7-5-12(6-8-13)10-14-15(21)4-3-9-19-14/h3-9,21H,10-11,18H2,1-2H3. The zero-order valence-corrected chi connectivity index (χ0v) is 13.8. The monoisotopic (exact) mass is 349 g/mol. The van der Waals surface area contributed by atoms with Gasteiger partial charge in [-0.15, -0.1) is 0 Å². The highest BCUT2D eigenvalue weighted by Gasteiger charge is 2.23. The van der Waals surface area contributed by atoms with E-state index in [4.69, 9.17) is 5.84 Å². The van der Waals surface area contributed by atoms with Crippen molar-refractivity contribution in [3.8, 4) is 5.75 Å². The van der Waals surface area contributed by atoms with Crippen LogP contribution in [0.2, 0.25) is 0 Å². The molecule has 0 atom stereocenters. The van der Waals surface area contributed by atoms with Crippen molar-refractivity contribution in [2.75, 3.05) is 10.3 Å². The van der Waals surface area contributed by atoms with Gasteiger partial charge in [0.1, 0.15) is 5.75 Å². The molecule has 1 aromatic heterocycles. The van der Waals surface area contributed by atoms with Gasteiger partial charge >= 0.3 is 0 Å². The highest BCUT2D eigenvalue weighted by Crippen LogP contribution is 2.24. The third kappa shape index (κ3) is 3.74. The number of benzene rings is 1. The number of rotatable bonds is 5. The van der Waals surface area contributed by atoms with E-state index in [1.807, 2.05) is 24.3 Å². The molecule has 4 nitrogen and oxygen atoms in total. The third-order valence-corrected chi connectivity index (χ3v) is 4.80. The molecule has 0 radical (unpaired) electrons. The lowest BCUT2D eigenvalue weighted by atomic mass is 10.1. The summed E-state index contributed by atoms with van der Waals surface area (Å²) in [6.07, 6.45) is 2.28. The van der Waals surface area contributed by atoms with E-state index < -0.39 is 0 Å². The molecule has 21 heavy (non-hydrogen) atoms. The highest BCUT2D eigenvalue weighted by atomic mass is 79.9. The highest BCUT2D eigenvalue weighted by molar-refractivity contribution is 9.09. The molecule has 2 rings (SSSR count). The molecule has 0 spiro atoms. The van der Waals surface area contributed by atoms with Gasteiger partial charge in [0.2, 0.25) is 0 Å². The molecular weight excluding hydrogens is 330 g/mol. The Labute approximate surface area is 133 Å². The first-order chi connectivity index (χ1) is 9.94. The molecule has 5 heteroatoms. The first-order valence-electron chi connectivity index (χ1n) is 6.77. The van der Waals surface area contributed by atoms with Crippen molar-refractivity contribution in [1.82, 2.24) is 4.98 Å². The van der Waals surface area contributed by atoms with Crippen LogP contribution in [0, 0.1) is 0 Å². The van der Waals surface area contributed by atoms with Gasteiger partial charge in [-0.2, -0.15) is 0 Å². The molecular formula is C16H20BrN3O. The first-order valence-corrected chi connectivity index (χ1v) is 7.89. The van der Waals surface area contributed by atoms with Crippen LogP contribution in [0.1, 0.15) is 25.1 Å². The second-order valence-electron chi connectivity index (χ2n) is 5.63. The Kier molecular flexibility index (Phi) is 4.85. The maximum Gasteiger partial charge on any atom is 0.137 e. The fraction of sp³-hybridized carbons (Fsp3) is 0.312. The van der Waals surface area contributed by atoms with Crippen LogP contribution in [0.25, 0.3) is 0 Å². The molecule has 0 saturated carbocycles. The predicted molar refractivity (Wildman–Crippen MR) is 89.7 cm³/mol. The molecule has 3 N–H and O–H groups in total. The van der Waals surface area contributed by atoms with Gasteiger partial charge in [-0.05, 0) is 43.7 Å². The number of aromatic hydroxyl groups is 1. The number of aromatic nitrogens is 1. The van der Waals surface area contributed by atoms with Crippen LogP contribution < -0.4 is 10.9 Å². The Hall–Kier alpha value is -1.59. The molecule has 0 bridgehead atoms. The summed E-state index contributed by atoms with van der Waals surface area (Å²) >= 11 is 3.48. The number of alkyl halides is 1. The Balaban J connectivity index is 2.14. The number of nitrogens with zero attached hydrogens (tertiary/aromatic N) is 2. The topological polar surface area (TPSA) is 62.4 Å². The van der Waals surface area contributed by atoms with Crippen molar-refractivity contribution < 1.29 is 5.11 Å². The summed E-state index contributed by atoms with van der Waals surface area (Å²) in [5.74, 6) is 6.39. The molecule has 0 aliphatic carbocycles. The normalized spacial score (nSPS) is 11.4. The summed E-state index contributed by atoms with van der Waals surface area (Å²) in [6, 6.07) is 11.4. The van der Waals surface area contributed by atoms with Gasteiger partial charge in [-0.3, -0.25) is 4.98 Å². The van der Waals surface area contributed by atoms with Crippen molar-refractivity contribution in [2.45, 2.75) is 25.8 Å². The fourth-order valence-corrected chi connectivity index (χ4v) is 2.22. The van der Waals surface area contributed by atoms with Gasteiger partial charge in [-0.1, -0.05) is 28.1 Å². The SMILES string of the molecule is CC(C)(CBr)N(N)c1ccc(Cc2ncccc2O)cc1. The lowest BCUT2D eigenvalue weighted by molar-refractivity contribution is 0.465. The third-order valence-electron chi connectivity index (χ3n) is 3.43. The molecule has 0 aliphatic heterocycles. The Morgan fingerprint density at radius 1 is 1.24 bits per heavy atom. The predicted octanol–water partition coefficient (Wildman–Crippen LogP) is 3.23. The van der Waals surface area contributed by atoms with Gasteiger partial charge in [-0.25, -0.2) is 5.84 Å². The number of anilines is 1. The van der Waals surface area contributed by atoms with Gasteiger partial charge in [0.25, 0.3) is 0 Å². The van der Waals surface area contributed by atoms with Gasteiger partial charge in [0.05, 0.1) is 16.9 Å². The van der Waals surface area contributed by atoms with Crippen LogP contribution >= 0.6 is 15.9 Å². The maximum atomic E-state index is 9.76. The largest absolute Gasteiger partial charge is 0.506 e. The first kappa shape index (κ1) is 15.8. The maximum absolute atomic E-state index is 9.76. The van der Waals surface area contributed by atoms with Crippen molar-refractivity contribution in [1.29, 1.82) is 0 Å². The lowest BCUT2D eigenvalue weighted by Crippen LogP contribution is -2.50. The van der Waals surface area contributed by atoms with Gasteiger partial charge in [0.15, 0.2) is 0 Å². The minimum absolute atomic E-state index is 0.166. The number of hydrogen-bond donors (Lipinski definition) is 2. The lowest BCUT2D eigenvalue weighted by Gasteiger charge is -2.35. The molecule has 1 aromatic carbocycles. The van der Waals surface area contributed by atoms with Crippen LogP contribution in [-0.2, 0) is 6.42 Å². The number of nitrogens with two attached hydrogens (primary N) is 1. The van der Waals surface area contributed by atoms with Crippen molar-refractivity contribution >= 4 is 21.6 Å². The summed E-state index contributed by atoms with van der Waals surface area (Å²) < 4.78 is 0. The van der Waals surface area contributed by atoms with E-state index >= 15 is 0 Å². The van der Waals surface area contributed by atoms with Gasteiger partial charge in [0, 0.05) is 17.9 Å². The Bertz CT molecular complexity index is 599. The molecule has 1 heterocycles. The second-order valence-corrected chi connectivity index (χ2v) is 6.19. The van der Waals surface area contributed by atoms with E-state index in [0.717, 1.165) is 16.6 Å². The van der Waals surface area contributed by atoms with E-state index in [-0.39, 0.29) is 11.3 Å². The van der Waals surface area contributed by atoms with Crippen LogP contribution in [0.5, 0.6) is 5.75 Å². The minimum Gasteiger partial charge on any atom is -0.506 e. The summed E-state index contributed by atoms with van der Waals surface area (Å²) in [5, 5.41) is 12.3. The van der Waals surface area contributed by atoms with E-state index in [9.17, 15) is 5.11 Å². The molecule has 2 aromatic rings. The van der Waals surface area contributed by atoms with Crippen molar-refractivity contribution in [3.63, 3.8) is 0 Å². The van der Waals surface area contributed by atoms with E-state index in [0.29, 0.717) is 12.1 Å². The molecule has 0 aliphatic rings. The fourth-order valence-electron chi connectivity index (χ4n) is 1.95. The zero-order chi connectivity index (χ0) is 15.5. The summed E-state index contributed by atoms with van der Waals surface area (Å²) in [5.41, 5.74) is 2.54. The average Bonchev–Trinajstić information content (AvgIpc) is 2.49. The summed E-state index contributed by atoms with van der Waals surface area (Å²) in [7, 11) is 0. The molecule has 0 fully saturated rings. The van der Waals surface area contributed by atoms with Crippen molar-refractivity contribution in [2.24, 2.45) is 5.84 Å². The summed E-state index contributed by atoms with van der Waals surface area (Å²) in [4.78, 5) is 4.19. The van der Waals surface area contributed by atoms with Gasteiger partial charge < -0.3 is 10.1 Å². The van der Waals surface area contributed by atoms with Crippen LogP contribution in [-0.4, -0.2) is 21.0 Å². The molecule has 0 unspecified atom stereocenters. The summed E-state index contributed by atoms with van der Waals surface area (Å²) in [6.45, 7) is 4.14. The van der Waals surface area contributed by atoms with Crippen LogP contribution in [0.4, 0.5) is 5.69 Å². The van der Waals surface area contributed by atoms with E-state index in [2.05, 4.69) is 34.8 Å². The second kappa shape index (κ2) is 6.45. The molecule has 112 valence electrons. The molecule has 0 amide bonds. The quantitative estimate of drug-likeness (QED) is 0.494. The Morgan fingerprint density at radius 2 is 1.90 bits per heavy atom. The zero-order valence-electron chi connectivity index (χ0n) is 12.3. The van der Waals surface area contributed by atoms with Crippen LogP contribution in [0.15, 0.2) is 42.6 Å². The number of hydrazine groups is 1. The smallest absolute Gasteiger partial charge is 0.137 e. The van der Waals surface area contributed by atoms with Crippen LogP contribution in [0.3, 0.4) is 0 Å². The number of hydrogen-bond acceptors (Lipinski definition) is 4. The minimum atomic E-state index is -0.166. The Morgan fingerprint density at radius 3 is 2.48 bits per heavy atom. The van der Waals surface area contributed by atoms with E-state index in [1.54, 1.807) is 23.3 Å². The number of halogens is 1. The average molecular weight is 350 g/mol. The van der Waals surface area contributed by atoms with Crippen molar-refractivity contribution in [3.05, 3.63) is 53.9 Å². The number of pyridine rings is 1.